The third kappa shape index (κ3) is 5.90. The summed E-state index contributed by atoms with van der Waals surface area (Å²) >= 11 is 1.31. The van der Waals surface area contributed by atoms with Crippen molar-refractivity contribution in [3.63, 3.8) is 0 Å². The highest BCUT2D eigenvalue weighted by atomic mass is 32.2. The largest absolute Gasteiger partial charge is 0.416 e. The molecule has 0 radical (unpaired) electrons. The molecule has 0 aliphatic rings. The van der Waals surface area contributed by atoms with E-state index in [0.717, 1.165) is 0 Å². The zero-order valence-electron chi connectivity index (χ0n) is 18.2. The molecule has 0 aliphatic carbocycles. The Balaban J connectivity index is 1.80. The molecule has 2 aromatic heterocycles. The molecule has 0 bridgehead atoms. The van der Waals surface area contributed by atoms with Crippen LogP contribution >= 0.6 is 11.8 Å². The van der Waals surface area contributed by atoms with Gasteiger partial charge in [0, 0.05) is 18.2 Å². The van der Waals surface area contributed by atoms with Crippen molar-refractivity contribution in [3.05, 3.63) is 41.1 Å². The van der Waals surface area contributed by atoms with Gasteiger partial charge in [0.15, 0.2) is 10.8 Å². The van der Waals surface area contributed by atoms with Gasteiger partial charge in [-0.1, -0.05) is 11.8 Å². The summed E-state index contributed by atoms with van der Waals surface area (Å²) in [5.74, 6) is -0.502. The lowest BCUT2D eigenvalue weighted by Gasteiger charge is -2.14. The second-order valence-electron chi connectivity index (χ2n) is 7.51. The Morgan fingerprint density at radius 2 is 1.68 bits per heavy atom. The van der Waals surface area contributed by atoms with Crippen molar-refractivity contribution in [1.29, 1.82) is 0 Å². The predicted octanol–water partition coefficient (Wildman–Crippen LogP) is 4.84. The molecule has 7 nitrogen and oxygen atoms in total. The number of hydrogen-bond donors (Lipinski definition) is 2. The Morgan fingerprint density at radius 3 is 2.21 bits per heavy atom. The van der Waals surface area contributed by atoms with Crippen LogP contribution in [-0.2, 0) is 18.9 Å². The average Bonchev–Trinajstić information content (AvgIpc) is 3.14. The van der Waals surface area contributed by atoms with E-state index in [0.29, 0.717) is 34.1 Å². The highest BCUT2D eigenvalue weighted by Gasteiger charge is 2.37. The molecule has 3 aromatic rings. The molecule has 0 unspecified atom stereocenters. The lowest BCUT2D eigenvalue weighted by molar-refractivity contribution is -0.143. The molecule has 0 fully saturated rings. The number of benzene rings is 1. The number of aromatic nitrogens is 4. The number of hydrogen-bond acceptors (Lipinski definition) is 6. The van der Waals surface area contributed by atoms with E-state index in [-0.39, 0.29) is 25.2 Å². The van der Waals surface area contributed by atoms with Crippen molar-refractivity contribution in [2.75, 3.05) is 18.1 Å². The number of thioether (sulfide) groups is 1. The van der Waals surface area contributed by atoms with Crippen LogP contribution in [0.2, 0.25) is 0 Å². The van der Waals surface area contributed by atoms with Crippen LogP contribution in [0.5, 0.6) is 0 Å². The molecule has 2 heterocycles. The summed E-state index contributed by atoms with van der Waals surface area (Å²) in [6.45, 7) is 3.83. The topological polar surface area (TPSA) is 84.7 Å². The minimum absolute atomic E-state index is 0.0293. The van der Waals surface area contributed by atoms with Crippen molar-refractivity contribution >= 4 is 34.5 Å². The SMILES string of the molecule is CSc1nc(NC(C)C)c2cnn(CCNC(=O)c3cc(C(F)(F)F)cc(C(F)(F)F)c3)c2n1. The number of anilines is 1. The van der Waals surface area contributed by atoms with Gasteiger partial charge in [0.1, 0.15) is 5.82 Å². The monoisotopic (exact) mass is 506 g/mol. The highest BCUT2D eigenvalue weighted by molar-refractivity contribution is 7.98. The van der Waals surface area contributed by atoms with Crippen LogP contribution in [0.4, 0.5) is 32.2 Å². The zero-order chi connectivity index (χ0) is 25.3. The van der Waals surface area contributed by atoms with E-state index in [2.05, 4.69) is 25.7 Å². The number of nitrogens with one attached hydrogen (secondary N) is 2. The van der Waals surface area contributed by atoms with E-state index in [4.69, 9.17) is 0 Å². The maximum Gasteiger partial charge on any atom is 0.416 e. The fourth-order valence-corrected chi connectivity index (χ4v) is 3.40. The van der Waals surface area contributed by atoms with E-state index >= 15 is 0 Å². The van der Waals surface area contributed by atoms with E-state index in [1.807, 2.05) is 13.8 Å². The first kappa shape index (κ1) is 25.6. The van der Waals surface area contributed by atoms with Crippen molar-refractivity contribution in [1.82, 2.24) is 25.1 Å². The molecular formula is C20H20F6N6OS. The minimum Gasteiger partial charge on any atom is -0.367 e. The third-order valence-electron chi connectivity index (χ3n) is 4.54. The van der Waals surface area contributed by atoms with Gasteiger partial charge >= 0.3 is 12.4 Å². The molecule has 3 rings (SSSR count). The van der Waals surface area contributed by atoms with Gasteiger partial charge in [0.2, 0.25) is 0 Å². The number of carbonyl (C=O) groups is 1. The molecular weight excluding hydrogens is 486 g/mol. The fourth-order valence-electron chi connectivity index (χ4n) is 3.04. The Labute approximate surface area is 194 Å². The van der Waals surface area contributed by atoms with Gasteiger partial charge in [0.25, 0.3) is 5.91 Å². The Kier molecular flexibility index (Phi) is 7.29. The number of fused-ring (bicyclic) bond motifs is 1. The maximum absolute atomic E-state index is 13.0. The lowest BCUT2D eigenvalue weighted by Crippen LogP contribution is -2.28. The smallest absolute Gasteiger partial charge is 0.367 e. The molecule has 0 spiro atoms. The summed E-state index contributed by atoms with van der Waals surface area (Å²) in [4.78, 5) is 21.2. The highest BCUT2D eigenvalue weighted by Crippen LogP contribution is 2.36. The zero-order valence-corrected chi connectivity index (χ0v) is 19.0. The molecule has 184 valence electrons. The summed E-state index contributed by atoms with van der Waals surface area (Å²) in [6.07, 6.45) is -6.75. The first-order valence-electron chi connectivity index (χ1n) is 9.91. The van der Waals surface area contributed by atoms with Gasteiger partial charge in [-0.25, -0.2) is 14.6 Å². The van der Waals surface area contributed by atoms with Gasteiger partial charge in [-0.05, 0) is 38.3 Å². The van der Waals surface area contributed by atoms with Crippen LogP contribution in [0.1, 0.15) is 35.3 Å². The standard InChI is InChI=1S/C20H20F6N6OS/c1-10(2)29-15-14-9-28-32(16(14)31-18(30-15)34-3)5-4-27-17(33)11-6-12(19(21,22)23)8-13(7-11)20(24,25)26/h6-10H,4-5H2,1-3H3,(H,27,33)(H,29,30,31). The van der Waals surface area contributed by atoms with E-state index < -0.39 is 35.0 Å². The second-order valence-corrected chi connectivity index (χ2v) is 8.29. The normalized spacial score (nSPS) is 12.4. The minimum atomic E-state index is -5.04. The first-order valence-corrected chi connectivity index (χ1v) is 11.1. The molecule has 0 saturated carbocycles. The Morgan fingerprint density at radius 1 is 1.06 bits per heavy atom. The average molecular weight is 506 g/mol. The molecule has 2 N–H and O–H groups in total. The van der Waals surface area contributed by atoms with Gasteiger partial charge < -0.3 is 10.6 Å². The Bertz CT molecular complexity index is 1160. The summed E-state index contributed by atoms with van der Waals surface area (Å²) in [5, 5.41) is 10.9. The Hall–Kier alpha value is -3.03. The van der Waals surface area contributed by atoms with E-state index in [1.54, 1.807) is 6.26 Å². The molecule has 0 saturated heterocycles. The van der Waals surface area contributed by atoms with Crippen LogP contribution < -0.4 is 10.6 Å². The molecule has 14 heteroatoms. The van der Waals surface area contributed by atoms with Crippen LogP contribution in [0, 0.1) is 0 Å². The van der Waals surface area contributed by atoms with Crippen molar-refractivity contribution in [2.24, 2.45) is 0 Å². The maximum atomic E-state index is 13.0. The van der Waals surface area contributed by atoms with Crippen molar-refractivity contribution in [2.45, 2.75) is 43.9 Å². The number of carbonyl (C=O) groups excluding carboxylic acids is 1. The van der Waals surface area contributed by atoms with Gasteiger partial charge in [-0.15, -0.1) is 0 Å². The molecule has 34 heavy (non-hydrogen) atoms. The van der Waals surface area contributed by atoms with Crippen LogP contribution in [0.25, 0.3) is 11.0 Å². The van der Waals surface area contributed by atoms with Crippen LogP contribution in [0.15, 0.2) is 29.6 Å². The molecule has 0 aliphatic heterocycles. The summed E-state index contributed by atoms with van der Waals surface area (Å²) in [5.41, 5.74) is -3.40. The quantitative estimate of drug-likeness (QED) is 0.271. The summed E-state index contributed by atoms with van der Waals surface area (Å²) < 4.78 is 79.6. The predicted molar refractivity (Wildman–Crippen MR) is 115 cm³/mol. The number of nitrogens with zero attached hydrogens (tertiary/aromatic N) is 4. The van der Waals surface area contributed by atoms with Crippen molar-refractivity contribution in [3.8, 4) is 0 Å². The second kappa shape index (κ2) is 9.68. The molecule has 1 amide bonds. The van der Waals surface area contributed by atoms with Gasteiger partial charge in [-0.3, -0.25) is 4.79 Å². The molecule has 0 atom stereocenters. The summed E-state index contributed by atoms with van der Waals surface area (Å²) in [6, 6.07) is 0.827. The summed E-state index contributed by atoms with van der Waals surface area (Å²) in [7, 11) is 0. The first-order chi connectivity index (χ1) is 15.8. The number of rotatable bonds is 7. The third-order valence-corrected chi connectivity index (χ3v) is 5.09. The van der Waals surface area contributed by atoms with E-state index in [1.165, 1.54) is 22.6 Å². The van der Waals surface area contributed by atoms with Crippen molar-refractivity contribution < 1.29 is 31.1 Å². The number of alkyl halides is 6. The van der Waals surface area contributed by atoms with Crippen LogP contribution in [-0.4, -0.2) is 44.5 Å². The molecule has 1 aromatic carbocycles. The lowest BCUT2D eigenvalue weighted by atomic mass is 10.0. The van der Waals surface area contributed by atoms with Gasteiger partial charge in [-0.2, -0.15) is 31.4 Å². The van der Waals surface area contributed by atoms with Crippen LogP contribution in [0.3, 0.4) is 0 Å². The van der Waals surface area contributed by atoms with E-state index in [9.17, 15) is 31.1 Å². The fraction of sp³-hybridized carbons (Fsp3) is 0.400. The number of amides is 1. The van der Waals surface area contributed by atoms with Gasteiger partial charge in [0.05, 0.1) is 29.3 Å². The number of halogens is 6.